The van der Waals surface area contributed by atoms with Gasteiger partial charge in [0.1, 0.15) is 5.78 Å². The van der Waals surface area contributed by atoms with Crippen LogP contribution in [0.1, 0.15) is 39.0 Å². The lowest BCUT2D eigenvalue weighted by Gasteiger charge is -2.12. The molecule has 0 aliphatic carbocycles. The minimum atomic E-state index is -0.773. The molecule has 0 bridgehead atoms. The van der Waals surface area contributed by atoms with E-state index in [2.05, 4.69) is 0 Å². The number of carboxylic acids is 1. The summed E-state index contributed by atoms with van der Waals surface area (Å²) < 4.78 is 5.10. The number of ether oxygens (including phenoxy) is 1. The van der Waals surface area contributed by atoms with Crippen LogP contribution in [0.3, 0.4) is 0 Å². The molecule has 0 aromatic rings. The highest BCUT2D eigenvalue weighted by Gasteiger charge is 2.09. The molecule has 1 atom stereocenters. The Bertz CT molecular complexity index is 189. The van der Waals surface area contributed by atoms with Gasteiger partial charge >= 0.3 is 5.97 Å². The minimum absolute atomic E-state index is 0.0544. The molecule has 4 heteroatoms. The molecule has 0 saturated heterocycles. The number of aliphatic carboxylic acids is 1. The van der Waals surface area contributed by atoms with E-state index < -0.39 is 5.97 Å². The van der Waals surface area contributed by atoms with Gasteiger partial charge in [-0.25, -0.2) is 0 Å². The topological polar surface area (TPSA) is 63.6 Å². The number of hydrogen-bond donors (Lipinski definition) is 1. The largest absolute Gasteiger partial charge is 0.481 e. The maximum Gasteiger partial charge on any atom is 0.303 e. The Labute approximate surface area is 84.3 Å². The molecule has 0 rings (SSSR count). The summed E-state index contributed by atoms with van der Waals surface area (Å²) in [7, 11) is 1.57. The maximum absolute atomic E-state index is 10.8. The lowest BCUT2D eigenvalue weighted by molar-refractivity contribution is -0.137. The summed E-state index contributed by atoms with van der Waals surface area (Å²) in [4.78, 5) is 21.0. The van der Waals surface area contributed by atoms with Gasteiger partial charge in [0.05, 0.1) is 6.10 Å². The van der Waals surface area contributed by atoms with Gasteiger partial charge in [-0.3, -0.25) is 9.59 Å². The normalized spacial score (nSPS) is 12.4. The third kappa shape index (κ3) is 7.73. The first-order valence-electron chi connectivity index (χ1n) is 4.80. The molecule has 0 saturated carbocycles. The zero-order valence-corrected chi connectivity index (χ0v) is 8.78. The van der Waals surface area contributed by atoms with Gasteiger partial charge in [0.2, 0.25) is 0 Å². The second-order valence-corrected chi connectivity index (χ2v) is 3.40. The number of carbonyl (C=O) groups excluding carboxylic acids is 1. The predicted octanol–water partition coefficient (Wildman–Crippen LogP) is 1.63. The molecule has 0 aromatic heterocycles. The summed E-state index contributed by atoms with van der Waals surface area (Å²) in [5, 5.41) is 8.40. The van der Waals surface area contributed by atoms with E-state index in [4.69, 9.17) is 9.84 Å². The Kier molecular flexibility index (Phi) is 7.02. The molecule has 0 heterocycles. The van der Waals surface area contributed by atoms with Crippen LogP contribution in [0.25, 0.3) is 0 Å². The van der Waals surface area contributed by atoms with Crippen molar-refractivity contribution in [3.8, 4) is 0 Å². The summed E-state index contributed by atoms with van der Waals surface area (Å²) in [6, 6.07) is 0. The van der Waals surface area contributed by atoms with Crippen molar-refractivity contribution in [2.24, 2.45) is 0 Å². The van der Waals surface area contributed by atoms with Crippen LogP contribution in [0.4, 0.5) is 0 Å². The van der Waals surface area contributed by atoms with Gasteiger partial charge in [-0.2, -0.15) is 0 Å². The monoisotopic (exact) mass is 202 g/mol. The Balaban J connectivity index is 3.52. The Morgan fingerprint density at radius 2 is 2.00 bits per heavy atom. The smallest absolute Gasteiger partial charge is 0.303 e. The first-order valence-corrected chi connectivity index (χ1v) is 4.80. The van der Waals surface area contributed by atoms with E-state index in [0.29, 0.717) is 12.8 Å². The summed E-state index contributed by atoms with van der Waals surface area (Å²) in [6.07, 6.45) is 2.75. The van der Waals surface area contributed by atoms with E-state index in [-0.39, 0.29) is 18.3 Å². The van der Waals surface area contributed by atoms with E-state index in [1.807, 2.05) is 0 Å². The molecule has 0 fully saturated rings. The van der Waals surface area contributed by atoms with Crippen LogP contribution in [0.15, 0.2) is 0 Å². The number of carboxylic acid groups (broad SMARTS) is 1. The number of carbonyl (C=O) groups is 2. The number of Topliss-reactive ketones (excluding diaryl/α,β-unsaturated/α-hetero) is 1. The summed E-state index contributed by atoms with van der Waals surface area (Å²) >= 11 is 0. The van der Waals surface area contributed by atoms with Crippen LogP contribution in [-0.4, -0.2) is 30.1 Å². The molecule has 0 spiro atoms. The number of ketones is 1. The average molecular weight is 202 g/mol. The van der Waals surface area contributed by atoms with Crippen molar-refractivity contribution in [3.05, 3.63) is 0 Å². The predicted molar refractivity (Wildman–Crippen MR) is 52.2 cm³/mol. The molecule has 0 aromatic carbocycles. The summed E-state index contributed by atoms with van der Waals surface area (Å²) in [5.41, 5.74) is 0. The highest BCUT2D eigenvalue weighted by atomic mass is 16.5. The molecule has 0 aliphatic heterocycles. The summed E-state index contributed by atoms with van der Waals surface area (Å²) in [6.45, 7) is 1.53. The minimum Gasteiger partial charge on any atom is -0.481 e. The Morgan fingerprint density at radius 3 is 2.43 bits per heavy atom. The first kappa shape index (κ1) is 13.1. The fraction of sp³-hybridized carbons (Fsp3) is 0.800. The highest BCUT2D eigenvalue weighted by molar-refractivity contribution is 5.75. The lowest BCUT2D eigenvalue weighted by atomic mass is 10.1. The maximum atomic E-state index is 10.8. The van der Waals surface area contributed by atoms with E-state index >= 15 is 0 Å². The van der Waals surface area contributed by atoms with Gasteiger partial charge in [-0.1, -0.05) is 6.42 Å². The number of methoxy groups -OCH3 is 1. The van der Waals surface area contributed by atoms with Crippen molar-refractivity contribution in [3.63, 3.8) is 0 Å². The van der Waals surface area contributed by atoms with Gasteiger partial charge in [-0.05, 0) is 19.8 Å². The van der Waals surface area contributed by atoms with E-state index in [9.17, 15) is 9.59 Å². The zero-order valence-electron chi connectivity index (χ0n) is 8.78. The number of hydrogen-bond acceptors (Lipinski definition) is 3. The fourth-order valence-electron chi connectivity index (χ4n) is 1.27. The average Bonchev–Trinajstić information content (AvgIpc) is 2.09. The van der Waals surface area contributed by atoms with E-state index in [1.165, 1.54) is 6.92 Å². The van der Waals surface area contributed by atoms with Crippen LogP contribution < -0.4 is 0 Å². The van der Waals surface area contributed by atoms with Crippen LogP contribution in [0.2, 0.25) is 0 Å². The molecular weight excluding hydrogens is 184 g/mol. The summed E-state index contributed by atoms with van der Waals surface area (Å²) in [5.74, 6) is -0.666. The van der Waals surface area contributed by atoms with E-state index in [0.717, 1.165) is 12.8 Å². The molecule has 0 aliphatic rings. The molecular formula is C10H18O4. The highest BCUT2D eigenvalue weighted by Crippen LogP contribution is 2.09. The Morgan fingerprint density at radius 1 is 1.36 bits per heavy atom. The van der Waals surface area contributed by atoms with Crippen molar-refractivity contribution >= 4 is 11.8 Å². The zero-order chi connectivity index (χ0) is 11.0. The lowest BCUT2D eigenvalue weighted by Crippen LogP contribution is -2.14. The van der Waals surface area contributed by atoms with Gasteiger partial charge in [0.25, 0.3) is 0 Å². The second kappa shape index (κ2) is 7.50. The van der Waals surface area contributed by atoms with Crippen LogP contribution in [0.5, 0.6) is 0 Å². The molecule has 1 unspecified atom stereocenters. The van der Waals surface area contributed by atoms with Crippen molar-refractivity contribution in [1.29, 1.82) is 0 Å². The van der Waals surface area contributed by atoms with Crippen molar-refractivity contribution in [1.82, 2.24) is 0 Å². The molecule has 4 nitrogen and oxygen atoms in total. The van der Waals surface area contributed by atoms with Gasteiger partial charge < -0.3 is 9.84 Å². The standard InChI is InChI=1S/C10H18O4/c1-8(11)7-9(14-2)5-3-4-6-10(12)13/h9H,3-7H2,1-2H3,(H,12,13). The third-order valence-electron chi connectivity index (χ3n) is 2.02. The fourth-order valence-corrected chi connectivity index (χ4v) is 1.27. The van der Waals surface area contributed by atoms with Crippen LogP contribution in [0, 0.1) is 0 Å². The number of unbranched alkanes of at least 4 members (excludes halogenated alkanes) is 1. The third-order valence-corrected chi connectivity index (χ3v) is 2.02. The SMILES string of the molecule is COC(CCCCC(=O)O)CC(C)=O. The molecule has 82 valence electrons. The van der Waals surface area contributed by atoms with E-state index in [1.54, 1.807) is 7.11 Å². The van der Waals surface area contributed by atoms with Crippen LogP contribution >= 0.6 is 0 Å². The second-order valence-electron chi connectivity index (χ2n) is 3.40. The van der Waals surface area contributed by atoms with Crippen molar-refractivity contribution in [2.75, 3.05) is 7.11 Å². The quantitative estimate of drug-likeness (QED) is 0.607. The van der Waals surface area contributed by atoms with Crippen molar-refractivity contribution in [2.45, 2.75) is 45.1 Å². The molecule has 14 heavy (non-hydrogen) atoms. The molecule has 0 amide bonds. The van der Waals surface area contributed by atoms with Gasteiger partial charge in [-0.15, -0.1) is 0 Å². The number of rotatable bonds is 8. The molecule has 0 radical (unpaired) electrons. The van der Waals surface area contributed by atoms with Crippen LogP contribution in [-0.2, 0) is 14.3 Å². The molecule has 1 N–H and O–H groups in total. The van der Waals surface area contributed by atoms with Gasteiger partial charge in [0.15, 0.2) is 0 Å². The first-order chi connectivity index (χ1) is 6.56. The Hall–Kier alpha value is -0.900. The van der Waals surface area contributed by atoms with Gasteiger partial charge in [0, 0.05) is 20.0 Å². The van der Waals surface area contributed by atoms with Crippen molar-refractivity contribution < 1.29 is 19.4 Å².